The van der Waals surface area contributed by atoms with E-state index in [4.69, 9.17) is 9.47 Å². The Morgan fingerprint density at radius 1 is 0.833 bits per heavy atom. The smallest absolute Gasteiger partial charge is 0.270 e. The normalized spacial score (nSPS) is 11.7. The van der Waals surface area contributed by atoms with Gasteiger partial charge in [-0.2, -0.15) is 0 Å². The van der Waals surface area contributed by atoms with E-state index in [2.05, 4.69) is 20.8 Å². The van der Waals surface area contributed by atoms with Gasteiger partial charge in [0.15, 0.2) is 0 Å². The van der Waals surface area contributed by atoms with Gasteiger partial charge in [0.25, 0.3) is 10.0 Å². The molecule has 0 aliphatic carbocycles. The average Bonchev–Trinajstić information content (AvgIpc) is 2.83. The fraction of sp³-hybridized carbons (Fsp3) is 0.345. The van der Waals surface area contributed by atoms with Gasteiger partial charge in [0.1, 0.15) is 11.5 Å². The summed E-state index contributed by atoms with van der Waals surface area (Å²) in [6.07, 6.45) is 0.384. The van der Waals surface area contributed by atoms with Crippen molar-refractivity contribution in [3.63, 3.8) is 0 Å². The van der Waals surface area contributed by atoms with Crippen molar-refractivity contribution in [1.29, 1.82) is 0 Å². The van der Waals surface area contributed by atoms with Crippen molar-refractivity contribution in [3.05, 3.63) is 83.9 Å². The number of rotatable bonds is 10. The van der Waals surface area contributed by atoms with E-state index in [1.54, 1.807) is 36.4 Å². The predicted molar refractivity (Wildman–Crippen MR) is 143 cm³/mol. The molecule has 0 aliphatic rings. The van der Waals surface area contributed by atoms with E-state index < -0.39 is 15.9 Å². The summed E-state index contributed by atoms with van der Waals surface area (Å²) in [4.78, 5) is 13.3. The van der Waals surface area contributed by atoms with Crippen LogP contribution in [0.3, 0.4) is 0 Å². The maximum absolute atomic E-state index is 13.5. The third-order valence-electron chi connectivity index (χ3n) is 5.69. The fourth-order valence-corrected chi connectivity index (χ4v) is 5.09. The van der Waals surface area contributed by atoms with Crippen LogP contribution >= 0.6 is 0 Å². The zero-order valence-corrected chi connectivity index (χ0v) is 22.5. The van der Waals surface area contributed by atoms with Gasteiger partial charge in [-0.25, -0.2) is 12.7 Å². The Kier molecular flexibility index (Phi) is 8.79. The first-order valence-corrected chi connectivity index (χ1v) is 13.6. The van der Waals surface area contributed by atoms with Crippen LogP contribution in [0.15, 0.2) is 77.7 Å². The number of amides is 1. The van der Waals surface area contributed by atoms with Gasteiger partial charge in [-0.1, -0.05) is 50.6 Å². The molecule has 36 heavy (non-hydrogen) atoms. The molecule has 0 atom stereocenters. The predicted octanol–water partition coefficient (Wildman–Crippen LogP) is 6.27. The molecule has 0 radical (unpaired) electrons. The van der Waals surface area contributed by atoms with Gasteiger partial charge >= 0.3 is 0 Å². The Labute approximate surface area is 214 Å². The van der Waals surface area contributed by atoms with Crippen LogP contribution in [-0.4, -0.2) is 27.5 Å². The second kappa shape index (κ2) is 11.6. The number of nitrogens with zero attached hydrogens (tertiary/aromatic N) is 1. The van der Waals surface area contributed by atoms with Gasteiger partial charge < -0.3 is 9.47 Å². The fourth-order valence-electron chi connectivity index (χ4n) is 3.64. The summed E-state index contributed by atoms with van der Waals surface area (Å²) in [7, 11) is -4.10. The standard InChI is InChI=1S/C29H35NO5S/c1-6-34-25-17-13-24(14-18-25)30(36(32,33)27-19-9-22(2)10-20-27)28(31)8-7-21-35-26-15-11-23(12-16-26)29(3,4)5/h9-20H,6-8,21H2,1-5H3. The van der Waals surface area contributed by atoms with Crippen LogP contribution < -0.4 is 13.8 Å². The molecule has 0 heterocycles. The molecular formula is C29H35NO5S. The summed E-state index contributed by atoms with van der Waals surface area (Å²) >= 11 is 0. The highest BCUT2D eigenvalue weighted by Crippen LogP contribution is 2.28. The van der Waals surface area contributed by atoms with Crippen molar-refractivity contribution in [1.82, 2.24) is 0 Å². The van der Waals surface area contributed by atoms with Gasteiger partial charge in [0.05, 0.1) is 23.8 Å². The highest BCUT2D eigenvalue weighted by Gasteiger charge is 2.30. The number of aryl methyl sites for hydroxylation is 1. The van der Waals surface area contributed by atoms with E-state index in [9.17, 15) is 13.2 Å². The number of carbonyl (C=O) groups is 1. The van der Waals surface area contributed by atoms with Crippen LogP contribution in [0.4, 0.5) is 5.69 Å². The van der Waals surface area contributed by atoms with Gasteiger partial charge in [-0.3, -0.25) is 4.79 Å². The molecular weight excluding hydrogens is 474 g/mol. The Morgan fingerprint density at radius 2 is 1.39 bits per heavy atom. The first-order valence-electron chi connectivity index (χ1n) is 12.1. The molecule has 6 nitrogen and oxygen atoms in total. The summed E-state index contributed by atoms with van der Waals surface area (Å²) in [6.45, 7) is 11.0. The van der Waals surface area contributed by atoms with E-state index >= 15 is 0 Å². The Morgan fingerprint density at radius 3 is 1.94 bits per heavy atom. The Hall–Kier alpha value is -3.32. The van der Waals surface area contributed by atoms with Crippen molar-refractivity contribution in [2.45, 2.75) is 57.8 Å². The van der Waals surface area contributed by atoms with E-state index in [0.717, 1.165) is 9.87 Å². The number of ether oxygens (including phenoxy) is 2. The second-order valence-electron chi connectivity index (χ2n) is 9.63. The van der Waals surface area contributed by atoms with E-state index in [0.29, 0.717) is 31.1 Å². The van der Waals surface area contributed by atoms with Crippen molar-refractivity contribution in [3.8, 4) is 11.5 Å². The molecule has 0 spiro atoms. The summed E-state index contributed by atoms with van der Waals surface area (Å²) in [6, 6.07) is 20.8. The third-order valence-corrected chi connectivity index (χ3v) is 7.46. The van der Waals surface area contributed by atoms with Crippen molar-refractivity contribution in [2.24, 2.45) is 0 Å². The van der Waals surface area contributed by atoms with Crippen molar-refractivity contribution < 1.29 is 22.7 Å². The Balaban J connectivity index is 1.74. The van der Waals surface area contributed by atoms with Gasteiger partial charge in [-0.15, -0.1) is 0 Å². The maximum atomic E-state index is 13.5. The zero-order valence-electron chi connectivity index (χ0n) is 21.7. The van der Waals surface area contributed by atoms with Crippen LogP contribution in [0.1, 0.15) is 51.7 Å². The summed E-state index contributed by atoms with van der Waals surface area (Å²) in [5, 5.41) is 0. The highest BCUT2D eigenvalue weighted by atomic mass is 32.2. The summed E-state index contributed by atoms with van der Waals surface area (Å²) in [5.74, 6) is 0.796. The van der Waals surface area contributed by atoms with E-state index in [1.165, 1.54) is 17.7 Å². The lowest BCUT2D eigenvalue weighted by Gasteiger charge is -2.23. The largest absolute Gasteiger partial charge is 0.494 e. The minimum Gasteiger partial charge on any atom is -0.494 e. The minimum absolute atomic E-state index is 0.0123. The third kappa shape index (κ3) is 6.88. The molecule has 192 valence electrons. The number of anilines is 1. The van der Waals surface area contributed by atoms with Crippen molar-refractivity contribution in [2.75, 3.05) is 17.5 Å². The molecule has 0 saturated carbocycles. The topological polar surface area (TPSA) is 72.9 Å². The average molecular weight is 510 g/mol. The van der Waals surface area contributed by atoms with Gasteiger partial charge in [0, 0.05) is 6.42 Å². The van der Waals surface area contributed by atoms with Crippen LogP contribution in [0.25, 0.3) is 0 Å². The summed E-state index contributed by atoms with van der Waals surface area (Å²) < 4.78 is 39.2. The maximum Gasteiger partial charge on any atom is 0.270 e. The quantitative estimate of drug-likeness (QED) is 0.301. The zero-order chi connectivity index (χ0) is 26.3. The second-order valence-corrected chi connectivity index (χ2v) is 11.4. The van der Waals surface area contributed by atoms with Gasteiger partial charge in [0.2, 0.25) is 5.91 Å². The molecule has 0 bridgehead atoms. The van der Waals surface area contributed by atoms with Gasteiger partial charge in [-0.05, 0) is 79.8 Å². The molecule has 3 rings (SSSR count). The number of carbonyl (C=O) groups excluding carboxylic acids is 1. The number of hydrogen-bond acceptors (Lipinski definition) is 5. The molecule has 0 aliphatic heterocycles. The molecule has 0 saturated heterocycles. The monoisotopic (exact) mass is 509 g/mol. The SMILES string of the molecule is CCOc1ccc(N(C(=O)CCCOc2ccc(C(C)(C)C)cc2)S(=O)(=O)c2ccc(C)cc2)cc1. The molecule has 0 fully saturated rings. The van der Waals surface area contributed by atoms with E-state index in [1.807, 2.05) is 38.1 Å². The van der Waals surface area contributed by atoms with E-state index in [-0.39, 0.29) is 22.4 Å². The number of benzene rings is 3. The molecule has 0 unspecified atom stereocenters. The van der Waals surface area contributed by atoms with Crippen molar-refractivity contribution >= 4 is 21.6 Å². The Bertz CT molecular complexity index is 1240. The van der Waals surface area contributed by atoms with Crippen LogP contribution in [0.5, 0.6) is 11.5 Å². The number of hydrogen-bond donors (Lipinski definition) is 0. The van der Waals surface area contributed by atoms with Crippen LogP contribution in [0.2, 0.25) is 0 Å². The molecule has 1 amide bonds. The summed E-state index contributed by atoms with van der Waals surface area (Å²) in [5.41, 5.74) is 2.46. The molecule has 3 aromatic rings. The lowest BCUT2D eigenvalue weighted by molar-refractivity contribution is -0.117. The highest BCUT2D eigenvalue weighted by molar-refractivity contribution is 7.93. The molecule has 7 heteroatoms. The lowest BCUT2D eigenvalue weighted by Crippen LogP contribution is -2.37. The minimum atomic E-state index is -4.10. The number of sulfonamides is 1. The first-order chi connectivity index (χ1) is 17.0. The van der Waals surface area contributed by atoms with Crippen LogP contribution in [0, 0.1) is 6.92 Å². The first kappa shape index (κ1) is 27.3. The molecule has 0 N–H and O–H groups in total. The lowest BCUT2D eigenvalue weighted by atomic mass is 9.87. The molecule has 0 aromatic heterocycles. The van der Waals surface area contributed by atoms with Crippen LogP contribution in [-0.2, 0) is 20.2 Å². The molecule has 3 aromatic carbocycles.